The normalized spacial score (nSPS) is 11.4. The van der Waals surface area contributed by atoms with E-state index in [1.165, 1.54) is 82.6 Å². The lowest BCUT2D eigenvalue weighted by atomic mass is 10.0. The Hall–Kier alpha value is -1.93. The summed E-state index contributed by atoms with van der Waals surface area (Å²) < 4.78 is 6.13. The molecule has 36 heavy (non-hydrogen) atoms. The van der Waals surface area contributed by atoms with Crippen molar-refractivity contribution >= 4 is 23.2 Å². The van der Waals surface area contributed by atoms with Gasteiger partial charge < -0.3 is 4.74 Å². The largest absolute Gasteiger partial charge is 0.493 e. The zero-order valence-corrected chi connectivity index (χ0v) is 24.1. The van der Waals surface area contributed by atoms with Crippen molar-refractivity contribution in [3.8, 4) is 5.75 Å². The fourth-order valence-corrected chi connectivity index (χ4v) is 4.71. The van der Waals surface area contributed by atoms with Crippen molar-refractivity contribution < 1.29 is 4.74 Å². The molecule has 0 amide bonds. The molecule has 0 bridgehead atoms. The lowest BCUT2D eigenvalue weighted by Gasteiger charge is -2.09. The van der Waals surface area contributed by atoms with Crippen LogP contribution in [0.4, 0.5) is 0 Å². The molecule has 0 fully saturated rings. The molecule has 198 valence electrons. The number of thiocarbonyl (C=S) groups is 1. The summed E-state index contributed by atoms with van der Waals surface area (Å²) in [4.78, 5) is 0.865. The van der Waals surface area contributed by atoms with Crippen LogP contribution in [0.15, 0.2) is 54.6 Å². The van der Waals surface area contributed by atoms with Gasteiger partial charge in [-0.25, -0.2) is 0 Å². The average Bonchev–Trinajstić information content (AvgIpc) is 2.88. The van der Waals surface area contributed by atoms with Gasteiger partial charge in [0.2, 0.25) is 0 Å². The second-order valence-corrected chi connectivity index (χ2v) is 11.0. The molecule has 0 aromatic heterocycles. The summed E-state index contributed by atoms with van der Waals surface area (Å²) in [6.45, 7) is 7.64. The van der Waals surface area contributed by atoms with Gasteiger partial charge in [0.15, 0.2) is 0 Å². The van der Waals surface area contributed by atoms with Gasteiger partial charge in [-0.05, 0) is 54.5 Å². The number of rotatable bonds is 20. The van der Waals surface area contributed by atoms with Crippen LogP contribution in [0, 0.1) is 5.92 Å². The number of unbranched alkanes of at least 4 members (excludes halogenated alkanes) is 10. The quantitative estimate of drug-likeness (QED) is 0.0764. The predicted octanol–water partition coefficient (Wildman–Crippen LogP) is 10.8. The van der Waals surface area contributed by atoms with E-state index in [1.54, 1.807) is 0 Å². The SMILES string of the molecule is CCCCCCCCCCCCCOc1ccccc1C=CC(=S)c1ccc(CCCC(C)C)cc1. The maximum absolute atomic E-state index is 6.13. The summed E-state index contributed by atoms with van der Waals surface area (Å²) >= 11 is 5.69. The van der Waals surface area contributed by atoms with Crippen molar-refractivity contribution in [3.05, 3.63) is 71.3 Å². The molecule has 0 spiro atoms. The van der Waals surface area contributed by atoms with Crippen LogP contribution in [0.2, 0.25) is 0 Å². The molecule has 2 rings (SSSR count). The number of hydrogen-bond acceptors (Lipinski definition) is 2. The highest BCUT2D eigenvalue weighted by molar-refractivity contribution is 7.81. The van der Waals surface area contributed by atoms with E-state index in [2.05, 4.69) is 69.3 Å². The van der Waals surface area contributed by atoms with Crippen molar-refractivity contribution in [3.63, 3.8) is 0 Å². The monoisotopic (exact) mass is 506 g/mol. The van der Waals surface area contributed by atoms with E-state index in [0.29, 0.717) is 0 Å². The Bertz CT molecular complexity index is 865. The molecule has 0 aliphatic rings. The van der Waals surface area contributed by atoms with Crippen LogP contribution >= 0.6 is 12.2 Å². The highest BCUT2D eigenvalue weighted by Gasteiger charge is 2.03. The minimum Gasteiger partial charge on any atom is -0.493 e. The van der Waals surface area contributed by atoms with Gasteiger partial charge in [-0.3, -0.25) is 0 Å². The summed E-state index contributed by atoms with van der Waals surface area (Å²) in [6.07, 6.45) is 22.7. The van der Waals surface area contributed by atoms with Gasteiger partial charge in [-0.1, -0.05) is 146 Å². The lowest BCUT2D eigenvalue weighted by molar-refractivity contribution is 0.303. The lowest BCUT2D eigenvalue weighted by Crippen LogP contribution is -1.99. The Morgan fingerprint density at radius 2 is 1.39 bits per heavy atom. The number of allylic oxidation sites excluding steroid dienone is 1. The van der Waals surface area contributed by atoms with Crippen LogP contribution < -0.4 is 4.74 Å². The summed E-state index contributed by atoms with van der Waals surface area (Å²) in [6, 6.07) is 17.0. The predicted molar refractivity (Wildman–Crippen MR) is 163 cm³/mol. The number of aryl methyl sites for hydroxylation is 1. The first-order chi connectivity index (χ1) is 17.6. The van der Waals surface area contributed by atoms with Crippen molar-refractivity contribution in [1.29, 1.82) is 0 Å². The minimum absolute atomic E-state index is 0.772. The Morgan fingerprint density at radius 1 is 0.778 bits per heavy atom. The Morgan fingerprint density at radius 3 is 2.03 bits per heavy atom. The Labute approximate surface area is 227 Å². The molecule has 1 nitrogen and oxygen atoms in total. The second-order valence-electron chi connectivity index (χ2n) is 10.6. The first kappa shape index (κ1) is 30.3. The summed E-state index contributed by atoms with van der Waals surface area (Å²) in [5, 5.41) is 0. The molecule has 0 atom stereocenters. The first-order valence-electron chi connectivity index (χ1n) is 14.6. The van der Waals surface area contributed by atoms with E-state index >= 15 is 0 Å². The van der Waals surface area contributed by atoms with Gasteiger partial charge >= 0.3 is 0 Å². The smallest absolute Gasteiger partial charge is 0.126 e. The van der Waals surface area contributed by atoms with Gasteiger partial charge in [-0.15, -0.1) is 0 Å². The summed E-state index contributed by atoms with van der Waals surface area (Å²) in [7, 11) is 0. The standard InChI is InChI=1S/C34H50OS/c1-4-5-6-7-8-9-10-11-12-13-16-28-35-33-21-15-14-20-31(33)26-27-34(36)32-24-22-30(23-25-32)19-17-18-29(2)3/h14-15,20-27,29H,4-13,16-19,28H2,1-3H3. The van der Waals surface area contributed by atoms with Gasteiger partial charge in [0.25, 0.3) is 0 Å². The summed E-state index contributed by atoms with van der Waals surface area (Å²) in [5.41, 5.74) is 3.59. The molecular weight excluding hydrogens is 456 g/mol. The minimum atomic E-state index is 0.772. The molecule has 0 saturated carbocycles. The van der Waals surface area contributed by atoms with Crippen LogP contribution in [-0.2, 0) is 6.42 Å². The molecular formula is C34H50OS. The van der Waals surface area contributed by atoms with E-state index in [-0.39, 0.29) is 0 Å². The van der Waals surface area contributed by atoms with E-state index in [4.69, 9.17) is 17.0 Å². The topological polar surface area (TPSA) is 9.23 Å². The highest BCUT2D eigenvalue weighted by Crippen LogP contribution is 2.21. The molecule has 0 radical (unpaired) electrons. The maximum atomic E-state index is 6.13. The molecule has 0 unspecified atom stereocenters. The van der Waals surface area contributed by atoms with Crippen LogP contribution in [0.25, 0.3) is 6.08 Å². The van der Waals surface area contributed by atoms with Crippen LogP contribution in [0.1, 0.15) is 121 Å². The molecule has 2 aromatic carbocycles. The fourth-order valence-electron chi connectivity index (χ4n) is 4.51. The zero-order valence-electron chi connectivity index (χ0n) is 23.3. The Balaban J connectivity index is 1.68. The van der Waals surface area contributed by atoms with Crippen molar-refractivity contribution in [1.82, 2.24) is 0 Å². The van der Waals surface area contributed by atoms with Gasteiger partial charge in [0, 0.05) is 10.4 Å². The molecule has 2 aromatic rings. The third kappa shape index (κ3) is 13.4. The maximum Gasteiger partial charge on any atom is 0.126 e. The van der Waals surface area contributed by atoms with E-state index < -0.39 is 0 Å². The zero-order chi connectivity index (χ0) is 25.8. The molecule has 0 aliphatic carbocycles. The number of ether oxygens (including phenoxy) is 1. The van der Waals surface area contributed by atoms with Crippen molar-refractivity contribution in [2.24, 2.45) is 5.92 Å². The number of benzene rings is 2. The third-order valence-corrected chi connectivity index (χ3v) is 7.20. The average molecular weight is 507 g/mol. The summed E-state index contributed by atoms with van der Waals surface area (Å²) in [5.74, 6) is 1.72. The molecule has 2 heteroatoms. The van der Waals surface area contributed by atoms with Gasteiger partial charge in [-0.2, -0.15) is 0 Å². The van der Waals surface area contributed by atoms with E-state index in [1.807, 2.05) is 12.1 Å². The third-order valence-electron chi connectivity index (χ3n) is 6.82. The van der Waals surface area contributed by atoms with E-state index in [9.17, 15) is 0 Å². The number of para-hydroxylation sites is 1. The molecule has 0 aliphatic heterocycles. The van der Waals surface area contributed by atoms with Crippen LogP contribution in [0.3, 0.4) is 0 Å². The van der Waals surface area contributed by atoms with Crippen LogP contribution in [-0.4, -0.2) is 11.5 Å². The van der Waals surface area contributed by atoms with Crippen molar-refractivity contribution in [2.45, 2.75) is 111 Å². The fraction of sp³-hybridized carbons (Fsp3) is 0.559. The van der Waals surface area contributed by atoms with Crippen molar-refractivity contribution in [2.75, 3.05) is 6.61 Å². The van der Waals surface area contributed by atoms with E-state index in [0.717, 1.165) is 47.1 Å². The molecule has 0 N–H and O–H groups in total. The first-order valence-corrected chi connectivity index (χ1v) is 15.0. The van der Waals surface area contributed by atoms with Gasteiger partial charge in [0.1, 0.15) is 5.75 Å². The molecule has 0 saturated heterocycles. The van der Waals surface area contributed by atoms with Gasteiger partial charge in [0.05, 0.1) is 6.61 Å². The highest BCUT2D eigenvalue weighted by atomic mass is 32.1. The second kappa shape index (κ2) is 19.2. The van der Waals surface area contributed by atoms with Crippen LogP contribution in [0.5, 0.6) is 5.75 Å². The molecule has 0 heterocycles. The number of hydrogen-bond donors (Lipinski definition) is 0. The Kier molecular flexibility index (Phi) is 16.2.